The van der Waals surface area contributed by atoms with Crippen LogP contribution in [-0.2, 0) is 16.1 Å². The van der Waals surface area contributed by atoms with E-state index in [9.17, 15) is 4.79 Å². The Balaban J connectivity index is 2.55. The number of hydrogen-bond donors (Lipinski definition) is 1. The Kier molecular flexibility index (Phi) is 3.64. The topological polar surface area (TPSA) is 70.1 Å². The number of hydrogen-bond acceptors (Lipinski definition) is 4. The lowest BCUT2D eigenvalue weighted by atomic mass is 10.2. The molecule has 0 fully saturated rings. The molecule has 0 spiro atoms. The molecule has 5 nitrogen and oxygen atoms in total. The average molecular weight is 197 g/mol. The number of esters is 1. The van der Waals surface area contributed by atoms with Crippen molar-refractivity contribution in [2.24, 2.45) is 5.73 Å². The molecular formula is C9H15N3O2. The van der Waals surface area contributed by atoms with Crippen LogP contribution in [0.2, 0.25) is 0 Å². The van der Waals surface area contributed by atoms with Crippen molar-refractivity contribution < 1.29 is 9.53 Å². The summed E-state index contributed by atoms with van der Waals surface area (Å²) in [6.45, 7) is 4.17. The van der Waals surface area contributed by atoms with E-state index in [0.29, 0.717) is 6.61 Å². The van der Waals surface area contributed by atoms with Crippen LogP contribution in [0.15, 0.2) is 12.4 Å². The lowest BCUT2D eigenvalue weighted by Gasteiger charge is -2.01. The number of nitrogens with two attached hydrogens (primary N) is 1. The molecule has 0 radical (unpaired) electrons. The summed E-state index contributed by atoms with van der Waals surface area (Å²) in [5.41, 5.74) is 6.56. The fraction of sp³-hybridized carbons (Fsp3) is 0.556. The second kappa shape index (κ2) is 4.76. The molecule has 78 valence electrons. The molecule has 1 atom stereocenters. The molecule has 0 aliphatic heterocycles. The van der Waals surface area contributed by atoms with E-state index >= 15 is 0 Å². The second-order valence-corrected chi connectivity index (χ2v) is 3.06. The zero-order valence-corrected chi connectivity index (χ0v) is 8.43. The summed E-state index contributed by atoms with van der Waals surface area (Å²) in [5, 5.41) is 4.00. The van der Waals surface area contributed by atoms with E-state index in [4.69, 9.17) is 10.5 Å². The van der Waals surface area contributed by atoms with Crippen molar-refractivity contribution in [1.82, 2.24) is 9.78 Å². The van der Waals surface area contributed by atoms with Gasteiger partial charge in [0.15, 0.2) is 0 Å². The molecule has 1 heterocycles. The quantitative estimate of drug-likeness (QED) is 0.712. The van der Waals surface area contributed by atoms with Gasteiger partial charge in [0.2, 0.25) is 0 Å². The Morgan fingerprint density at radius 1 is 1.79 bits per heavy atom. The van der Waals surface area contributed by atoms with Gasteiger partial charge in [0, 0.05) is 17.8 Å². The van der Waals surface area contributed by atoms with Gasteiger partial charge in [0.25, 0.3) is 0 Å². The van der Waals surface area contributed by atoms with Crippen LogP contribution in [0.4, 0.5) is 0 Å². The van der Waals surface area contributed by atoms with E-state index < -0.39 is 0 Å². The largest absolute Gasteiger partial charge is 0.465 e. The minimum atomic E-state index is -0.285. The summed E-state index contributed by atoms with van der Waals surface area (Å²) in [5.74, 6) is -0.285. The highest BCUT2D eigenvalue weighted by Crippen LogP contribution is 2.06. The molecule has 0 aliphatic rings. The van der Waals surface area contributed by atoms with Crippen LogP contribution in [0.25, 0.3) is 0 Å². The molecule has 0 amide bonds. The summed E-state index contributed by atoms with van der Waals surface area (Å²) < 4.78 is 6.31. The van der Waals surface area contributed by atoms with Crippen molar-refractivity contribution in [2.75, 3.05) is 6.61 Å². The Labute approximate surface area is 82.8 Å². The number of ether oxygens (including phenoxy) is 1. The molecule has 1 aromatic heterocycles. The summed E-state index contributed by atoms with van der Waals surface area (Å²) in [4.78, 5) is 11.1. The van der Waals surface area contributed by atoms with Crippen molar-refractivity contribution in [3.8, 4) is 0 Å². The van der Waals surface area contributed by atoms with Crippen molar-refractivity contribution >= 4 is 5.97 Å². The predicted octanol–water partition coefficient (Wildman–Crippen LogP) is 0.466. The van der Waals surface area contributed by atoms with E-state index in [-0.39, 0.29) is 18.6 Å². The van der Waals surface area contributed by atoms with Gasteiger partial charge in [-0.05, 0) is 13.8 Å². The summed E-state index contributed by atoms with van der Waals surface area (Å²) in [6, 6.07) is -0.0639. The van der Waals surface area contributed by atoms with Gasteiger partial charge in [-0.15, -0.1) is 0 Å². The zero-order valence-electron chi connectivity index (χ0n) is 8.43. The SMILES string of the molecule is CCOC(=O)Cn1cc(C(C)N)cn1. The number of aromatic nitrogens is 2. The molecule has 1 aromatic rings. The monoisotopic (exact) mass is 197 g/mol. The Bertz CT molecular complexity index is 307. The second-order valence-electron chi connectivity index (χ2n) is 3.06. The van der Waals surface area contributed by atoms with Crippen LogP contribution < -0.4 is 5.73 Å². The molecule has 2 N–H and O–H groups in total. The van der Waals surface area contributed by atoms with E-state index in [1.165, 1.54) is 4.68 Å². The Hall–Kier alpha value is -1.36. The van der Waals surface area contributed by atoms with Crippen molar-refractivity contribution in [2.45, 2.75) is 26.4 Å². The molecule has 1 rings (SSSR count). The van der Waals surface area contributed by atoms with Crippen molar-refractivity contribution in [3.63, 3.8) is 0 Å². The fourth-order valence-corrected chi connectivity index (χ4v) is 1.04. The Morgan fingerprint density at radius 2 is 2.50 bits per heavy atom. The van der Waals surface area contributed by atoms with Gasteiger partial charge < -0.3 is 10.5 Å². The Morgan fingerprint density at radius 3 is 3.00 bits per heavy atom. The van der Waals surface area contributed by atoms with Crippen LogP contribution in [0.3, 0.4) is 0 Å². The maximum absolute atomic E-state index is 11.1. The third-order valence-electron chi connectivity index (χ3n) is 1.78. The van der Waals surface area contributed by atoms with E-state index in [1.54, 1.807) is 19.3 Å². The number of nitrogens with zero attached hydrogens (tertiary/aromatic N) is 2. The predicted molar refractivity (Wildman–Crippen MR) is 51.5 cm³/mol. The third-order valence-corrected chi connectivity index (χ3v) is 1.78. The third kappa shape index (κ3) is 2.85. The van der Waals surface area contributed by atoms with Gasteiger partial charge in [-0.25, -0.2) is 0 Å². The van der Waals surface area contributed by atoms with Gasteiger partial charge in [-0.2, -0.15) is 5.10 Å². The highest BCUT2D eigenvalue weighted by atomic mass is 16.5. The van der Waals surface area contributed by atoms with E-state index in [2.05, 4.69) is 5.10 Å². The van der Waals surface area contributed by atoms with Crippen LogP contribution in [0.1, 0.15) is 25.5 Å². The lowest BCUT2D eigenvalue weighted by molar-refractivity contribution is -0.144. The first-order valence-electron chi connectivity index (χ1n) is 4.57. The van der Waals surface area contributed by atoms with Gasteiger partial charge in [-0.3, -0.25) is 9.48 Å². The fourth-order valence-electron chi connectivity index (χ4n) is 1.04. The number of carbonyl (C=O) groups is 1. The molecule has 0 saturated heterocycles. The van der Waals surface area contributed by atoms with Crippen molar-refractivity contribution in [1.29, 1.82) is 0 Å². The van der Waals surface area contributed by atoms with Crippen LogP contribution in [-0.4, -0.2) is 22.4 Å². The molecule has 0 bridgehead atoms. The van der Waals surface area contributed by atoms with E-state index in [0.717, 1.165) is 5.56 Å². The van der Waals surface area contributed by atoms with Gasteiger partial charge in [-0.1, -0.05) is 0 Å². The first-order valence-corrected chi connectivity index (χ1v) is 4.57. The number of rotatable bonds is 4. The minimum Gasteiger partial charge on any atom is -0.465 e. The first-order chi connectivity index (χ1) is 6.63. The van der Waals surface area contributed by atoms with Crippen LogP contribution in [0.5, 0.6) is 0 Å². The highest BCUT2D eigenvalue weighted by Gasteiger charge is 2.06. The number of carbonyl (C=O) groups excluding carboxylic acids is 1. The summed E-state index contributed by atoms with van der Waals surface area (Å²) >= 11 is 0. The average Bonchev–Trinajstić information content (AvgIpc) is 2.53. The molecule has 0 aliphatic carbocycles. The summed E-state index contributed by atoms with van der Waals surface area (Å²) in [7, 11) is 0. The molecule has 1 unspecified atom stereocenters. The van der Waals surface area contributed by atoms with Crippen LogP contribution in [0, 0.1) is 0 Å². The summed E-state index contributed by atoms with van der Waals surface area (Å²) in [6.07, 6.45) is 3.41. The molecule has 0 saturated carbocycles. The molecular weight excluding hydrogens is 182 g/mol. The highest BCUT2D eigenvalue weighted by molar-refractivity contribution is 5.68. The standard InChI is InChI=1S/C9H15N3O2/c1-3-14-9(13)6-12-5-8(4-11-12)7(2)10/h4-5,7H,3,6,10H2,1-2H3. The van der Waals surface area contributed by atoms with Gasteiger partial charge in [0.1, 0.15) is 6.54 Å². The molecule has 0 aromatic carbocycles. The normalized spacial score (nSPS) is 12.5. The van der Waals surface area contributed by atoms with Crippen LogP contribution >= 0.6 is 0 Å². The van der Waals surface area contributed by atoms with Crippen molar-refractivity contribution in [3.05, 3.63) is 18.0 Å². The first kappa shape index (κ1) is 10.7. The maximum atomic E-state index is 11.1. The smallest absolute Gasteiger partial charge is 0.327 e. The van der Waals surface area contributed by atoms with E-state index in [1.807, 2.05) is 6.92 Å². The molecule has 5 heteroatoms. The van der Waals surface area contributed by atoms with Gasteiger partial charge in [0.05, 0.1) is 12.8 Å². The zero-order chi connectivity index (χ0) is 10.6. The lowest BCUT2D eigenvalue weighted by Crippen LogP contribution is -2.13. The molecule has 14 heavy (non-hydrogen) atoms. The minimum absolute atomic E-state index is 0.0639. The van der Waals surface area contributed by atoms with Gasteiger partial charge >= 0.3 is 5.97 Å². The maximum Gasteiger partial charge on any atom is 0.327 e.